The normalized spacial score (nSPS) is 27.6. The van der Waals surface area contributed by atoms with Gasteiger partial charge in [0, 0.05) is 5.92 Å². The molecule has 1 aromatic rings. The molecule has 0 radical (unpaired) electrons. The summed E-state index contributed by atoms with van der Waals surface area (Å²) in [5.74, 6) is 0.120. The molecule has 0 aliphatic heterocycles. The van der Waals surface area contributed by atoms with Crippen molar-refractivity contribution in [2.24, 2.45) is 0 Å². The first-order chi connectivity index (χ1) is 9.72. The van der Waals surface area contributed by atoms with E-state index in [4.69, 9.17) is 4.43 Å². The summed E-state index contributed by atoms with van der Waals surface area (Å²) in [4.78, 5) is 0. The summed E-state index contributed by atoms with van der Waals surface area (Å²) >= 11 is 0. The zero-order valence-corrected chi connectivity index (χ0v) is 15.1. The highest BCUT2D eigenvalue weighted by Crippen LogP contribution is 2.42. The second-order valence-corrected chi connectivity index (χ2v) is 12.6. The maximum absolute atomic E-state index is 10.5. The Kier molecular flexibility index (Phi) is 4.96. The predicted molar refractivity (Wildman–Crippen MR) is 91.1 cm³/mol. The summed E-state index contributed by atoms with van der Waals surface area (Å²) < 4.78 is 6.66. The smallest absolute Gasteiger partial charge is 0.192 e. The Morgan fingerprint density at radius 2 is 1.71 bits per heavy atom. The van der Waals surface area contributed by atoms with E-state index in [1.54, 1.807) is 0 Å². The van der Waals surface area contributed by atoms with Gasteiger partial charge >= 0.3 is 0 Å². The molecular formula is C18H30O2Si. The fourth-order valence-corrected chi connectivity index (χ4v) is 4.31. The maximum Gasteiger partial charge on any atom is 0.192 e. The quantitative estimate of drug-likeness (QED) is 0.820. The third kappa shape index (κ3) is 3.76. The number of aliphatic hydroxyl groups is 1. The van der Waals surface area contributed by atoms with Gasteiger partial charge in [-0.2, -0.15) is 0 Å². The van der Waals surface area contributed by atoms with E-state index in [0.717, 1.165) is 19.3 Å². The van der Waals surface area contributed by atoms with E-state index in [0.29, 0.717) is 0 Å². The zero-order valence-electron chi connectivity index (χ0n) is 14.1. The molecule has 2 nitrogen and oxygen atoms in total. The highest BCUT2D eigenvalue weighted by Gasteiger charge is 2.43. The number of hydrogen-bond acceptors (Lipinski definition) is 2. The molecular weight excluding hydrogens is 276 g/mol. The van der Waals surface area contributed by atoms with E-state index in [2.05, 4.69) is 58.1 Å². The first kappa shape index (κ1) is 16.7. The standard InChI is InChI=1S/C18H30O2Si/c1-18(2,3)21(4,5)20-16-13-9-12-15(19)17(16)14-10-7-6-8-11-14/h6-8,10-11,15-17,19H,9,12-13H2,1-5H3/t15-,16+,17+/m1/s1. The molecule has 1 aliphatic carbocycles. The van der Waals surface area contributed by atoms with Crippen LogP contribution >= 0.6 is 0 Å². The Balaban J connectivity index is 2.24. The molecule has 0 amide bonds. The molecule has 0 saturated heterocycles. The molecule has 21 heavy (non-hydrogen) atoms. The summed E-state index contributed by atoms with van der Waals surface area (Å²) in [6, 6.07) is 10.4. The van der Waals surface area contributed by atoms with Gasteiger partial charge in [-0.3, -0.25) is 0 Å². The van der Waals surface area contributed by atoms with Crippen molar-refractivity contribution in [2.45, 2.75) is 76.3 Å². The lowest BCUT2D eigenvalue weighted by Crippen LogP contribution is -2.48. The van der Waals surface area contributed by atoms with Crippen LogP contribution in [0.15, 0.2) is 30.3 Å². The monoisotopic (exact) mass is 306 g/mol. The van der Waals surface area contributed by atoms with Crippen LogP contribution in [-0.4, -0.2) is 25.6 Å². The van der Waals surface area contributed by atoms with Crippen molar-refractivity contribution in [2.75, 3.05) is 0 Å². The molecule has 3 atom stereocenters. The first-order valence-corrected chi connectivity index (χ1v) is 11.0. The van der Waals surface area contributed by atoms with Crippen LogP contribution in [0, 0.1) is 0 Å². The van der Waals surface area contributed by atoms with Crippen molar-refractivity contribution in [3.05, 3.63) is 35.9 Å². The highest BCUT2D eigenvalue weighted by atomic mass is 28.4. The molecule has 1 N–H and O–H groups in total. The van der Waals surface area contributed by atoms with Gasteiger partial charge in [-0.25, -0.2) is 0 Å². The van der Waals surface area contributed by atoms with Crippen LogP contribution in [0.25, 0.3) is 0 Å². The first-order valence-electron chi connectivity index (χ1n) is 8.13. The molecule has 0 aromatic heterocycles. The molecule has 1 aromatic carbocycles. The molecule has 1 saturated carbocycles. The Hall–Kier alpha value is -0.643. The van der Waals surface area contributed by atoms with Crippen LogP contribution in [0.3, 0.4) is 0 Å². The molecule has 1 aliphatic rings. The fraction of sp³-hybridized carbons (Fsp3) is 0.667. The number of aliphatic hydroxyl groups excluding tert-OH is 1. The minimum Gasteiger partial charge on any atom is -0.413 e. The summed E-state index contributed by atoms with van der Waals surface area (Å²) in [5.41, 5.74) is 1.22. The van der Waals surface area contributed by atoms with E-state index >= 15 is 0 Å². The minimum absolute atomic E-state index is 0.120. The van der Waals surface area contributed by atoms with Crippen LogP contribution < -0.4 is 0 Å². The van der Waals surface area contributed by atoms with E-state index < -0.39 is 8.32 Å². The number of hydrogen-bond donors (Lipinski definition) is 1. The second-order valence-electron chi connectivity index (χ2n) is 7.85. The molecule has 0 bridgehead atoms. The highest BCUT2D eigenvalue weighted by molar-refractivity contribution is 6.74. The zero-order chi connectivity index (χ0) is 15.7. The van der Waals surface area contributed by atoms with Gasteiger partial charge in [0.1, 0.15) is 0 Å². The third-order valence-electron chi connectivity index (χ3n) is 5.24. The lowest BCUT2D eigenvalue weighted by molar-refractivity contribution is 0.0206. The summed E-state index contributed by atoms with van der Waals surface area (Å²) in [6.07, 6.45) is 2.87. The van der Waals surface area contributed by atoms with E-state index in [1.807, 2.05) is 6.07 Å². The Bertz CT molecular complexity index is 450. The van der Waals surface area contributed by atoms with Gasteiger partial charge in [-0.1, -0.05) is 51.1 Å². The topological polar surface area (TPSA) is 29.5 Å². The van der Waals surface area contributed by atoms with Crippen molar-refractivity contribution in [1.29, 1.82) is 0 Å². The van der Waals surface area contributed by atoms with E-state index in [1.165, 1.54) is 5.56 Å². The van der Waals surface area contributed by atoms with Crippen molar-refractivity contribution in [3.63, 3.8) is 0 Å². The van der Waals surface area contributed by atoms with Gasteiger partial charge in [-0.15, -0.1) is 0 Å². The Morgan fingerprint density at radius 1 is 1.10 bits per heavy atom. The third-order valence-corrected chi connectivity index (χ3v) is 9.74. The van der Waals surface area contributed by atoms with E-state index in [-0.39, 0.29) is 23.2 Å². The van der Waals surface area contributed by atoms with Gasteiger partial charge in [0.15, 0.2) is 8.32 Å². The molecule has 0 spiro atoms. The maximum atomic E-state index is 10.5. The molecule has 0 heterocycles. The number of benzene rings is 1. The molecule has 1 fully saturated rings. The van der Waals surface area contributed by atoms with Crippen molar-refractivity contribution in [1.82, 2.24) is 0 Å². The average molecular weight is 307 g/mol. The largest absolute Gasteiger partial charge is 0.413 e. The van der Waals surface area contributed by atoms with Gasteiger partial charge in [-0.05, 0) is 43.0 Å². The summed E-state index contributed by atoms with van der Waals surface area (Å²) in [5, 5.41) is 10.7. The average Bonchev–Trinajstić information content (AvgIpc) is 2.38. The van der Waals surface area contributed by atoms with Crippen LogP contribution in [0.5, 0.6) is 0 Å². The van der Waals surface area contributed by atoms with Crippen molar-refractivity contribution >= 4 is 8.32 Å². The number of rotatable bonds is 3. The molecule has 118 valence electrons. The minimum atomic E-state index is -1.81. The van der Waals surface area contributed by atoms with Crippen LogP contribution in [0.1, 0.15) is 51.5 Å². The van der Waals surface area contributed by atoms with Gasteiger partial charge in [0.05, 0.1) is 12.2 Å². The molecule has 0 unspecified atom stereocenters. The van der Waals surface area contributed by atoms with Crippen LogP contribution in [-0.2, 0) is 4.43 Å². The SMILES string of the molecule is CC(C)(C)[Si](C)(C)O[C@H]1CCC[C@@H](O)[C@@H]1c1ccccc1. The van der Waals surface area contributed by atoms with Gasteiger partial charge in [0.2, 0.25) is 0 Å². The Labute approximate surface area is 130 Å². The Morgan fingerprint density at radius 3 is 2.29 bits per heavy atom. The predicted octanol–water partition coefficient (Wildman–Crippen LogP) is 4.71. The van der Waals surface area contributed by atoms with E-state index in [9.17, 15) is 5.11 Å². The van der Waals surface area contributed by atoms with Gasteiger partial charge in [0.25, 0.3) is 0 Å². The lowest BCUT2D eigenvalue weighted by atomic mass is 9.79. The lowest BCUT2D eigenvalue weighted by Gasteiger charge is -2.44. The molecule has 2 rings (SSSR count). The summed E-state index contributed by atoms with van der Waals surface area (Å²) in [7, 11) is -1.81. The van der Waals surface area contributed by atoms with Crippen molar-refractivity contribution in [3.8, 4) is 0 Å². The fourth-order valence-electron chi connectivity index (χ4n) is 2.93. The molecule has 3 heteroatoms. The van der Waals surface area contributed by atoms with Crippen molar-refractivity contribution < 1.29 is 9.53 Å². The van der Waals surface area contributed by atoms with Gasteiger partial charge < -0.3 is 9.53 Å². The van der Waals surface area contributed by atoms with Crippen LogP contribution in [0.4, 0.5) is 0 Å². The second kappa shape index (κ2) is 6.23. The van der Waals surface area contributed by atoms with Crippen LogP contribution in [0.2, 0.25) is 18.1 Å². The summed E-state index contributed by atoms with van der Waals surface area (Å²) in [6.45, 7) is 11.4.